The molecule has 0 aromatic carbocycles. The number of hydrogen-bond donors (Lipinski definition) is 0. The van der Waals surface area contributed by atoms with Crippen LogP contribution in [0.2, 0.25) is 0 Å². The highest BCUT2D eigenvalue weighted by molar-refractivity contribution is 7.11. The highest BCUT2D eigenvalue weighted by Gasteiger charge is 2.58. The number of urea groups is 1. The molecule has 0 bridgehead atoms. The van der Waals surface area contributed by atoms with E-state index in [1.165, 1.54) is 12.8 Å². The maximum absolute atomic E-state index is 13.2. The van der Waals surface area contributed by atoms with E-state index >= 15 is 0 Å². The Morgan fingerprint density at radius 2 is 1.74 bits per heavy atom. The predicted octanol–water partition coefficient (Wildman–Crippen LogP) is 3.51. The third-order valence-electron chi connectivity index (χ3n) is 8.38. The largest absolute Gasteiger partial charge is 0.434 e. The Hall–Kier alpha value is -2.21. The van der Waals surface area contributed by atoms with Gasteiger partial charge in [-0.15, -0.1) is 11.3 Å². The highest BCUT2D eigenvalue weighted by Crippen LogP contribution is 2.54. The first-order valence-corrected chi connectivity index (χ1v) is 13.1. The van der Waals surface area contributed by atoms with Crippen LogP contribution in [0.15, 0.2) is 6.33 Å². The van der Waals surface area contributed by atoms with Crippen molar-refractivity contribution in [3.8, 4) is 0 Å². The lowest BCUT2D eigenvalue weighted by molar-refractivity contribution is -0.143. The van der Waals surface area contributed by atoms with Crippen LogP contribution in [0.3, 0.4) is 0 Å². The quantitative estimate of drug-likeness (QED) is 0.634. The van der Waals surface area contributed by atoms with Crippen LogP contribution < -0.4 is 0 Å². The van der Waals surface area contributed by atoms with Gasteiger partial charge in [-0.25, -0.2) is 19.4 Å². The van der Waals surface area contributed by atoms with Gasteiger partial charge in [0.25, 0.3) is 0 Å². The molecule has 2 saturated carbocycles. The van der Waals surface area contributed by atoms with Crippen LogP contribution in [-0.4, -0.2) is 79.7 Å². The van der Waals surface area contributed by atoms with Gasteiger partial charge in [0.15, 0.2) is 11.5 Å². The van der Waals surface area contributed by atoms with Crippen LogP contribution in [0.25, 0.3) is 0 Å². The number of thiazole rings is 1. The molecule has 2 amide bonds. The number of carbonyl (C=O) groups excluding carboxylic acids is 1. The number of aromatic nitrogens is 4. The Labute approximate surface area is 205 Å². The number of likely N-dealkylation sites (tertiary alicyclic amines) is 3. The molecule has 5 aliphatic rings. The minimum absolute atomic E-state index is 0.0459. The molecule has 2 aromatic rings. The van der Waals surface area contributed by atoms with Crippen molar-refractivity contribution in [1.82, 2.24) is 34.4 Å². The summed E-state index contributed by atoms with van der Waals surface area (Å²) in [6, 6.07) is 0.512. The molecule has 12 heteroatoms. The van der Waals surface area contributed by atoms with Gasteiger partial charge in [-0.05, 0) is 32.6 Å². The molecule has 3 aliphatic heterocycles. The SMILES string of the molecule is Cc1nc(C(F)(F)F)c(CN2CC3(C2)CN(C(=O)N2CC4(CC(n5cnc(C6CC6)n5)C4)C2)C3)s1. The highest BCUT2D eigenvalue weighted by atomic mass is 32.1. The van der Waals surface area contributed by atoms with Crippen LogP contribution in [0.5, 0.6) is 0 Å². The van der Waals surface area contributed by atoms with Crippen LogP contribution in [-0.2, 0) is 12.7 Å². The van der Waals surface area contributed by atoms with E-state index < -0.39 is 11.9 Å². The predicted molar refractivity (Wildman–Crippen MR) is 121 cm³/mol. The fourth-order valence-corrected chi connectivity index (χ4v) is 7.59. The summed E-state index contributed by atoms with van der Waals surface area (Å²) in [6.07, 6.45) is 1.98. The van der Waals surface area contributed by atoms with Crippen molar-refractivity contribution >= 4 is 17.4 Å². The first kappa shape index (κ1) is 22.0. The molecule has 7 rings (SSSR count). The monoisotopic (exact) mass is 507 g/mol. The zero-order valence-corrected chi connectivity index (χ0v) is 20.4. The molecule has 188 valence electrons. The second-order valence-corrected chi connectivity index (χ2v) is 12.8. The van der Waals surface area contributed by atoms with E-state index in [4.69, 9.17) is 0 Å². The molecule has 0 unspecified atom stereocenters. The number of aryl methyl sites for hydroxylation is 1. The normalized spacial score (nSPS) is 25.4. The summed E-state index contributed by atoms with van der Waals surface area (Å²) in [5, 5.41) is 5.10. The lowest BCUT2D eigenvalue weighted by atomic mass is 9.60. The molecule has 0 N–H and O–H groups in total. The third-order valence-corrected chi connectivity index (χ3v) is 9.34. The average molecular weight is 508 g/mol. The summed E-state index contributed by atoms with van der Waals surface area (Å²) in [5.41, 5.74) is -0.460. The molecule has 2 spiro atoms. The minimum Gasteiger partial charge on any atom is -0.323 e. The smallest absolute Gasteiger partial charge is 0.323 e. The Kier molecular flexibility index (Phi) is 4.52. The molecule has 0 radical (unpaired) electrons. The van der Waals surface area contributed by atoms with Crippen molar-refractivity contribution in [2.24, 2.45) is 10.8 Å². The van der Waals surface area contributed by atoms with E-state index in [0.717, 1.165) is 56.2 Å². The van der Waals surface area contributed by atoms with Crippen molar-refractivity contribution in [2.75, 3.05) is 39.3 Å². The molecule has 35 heavy (non-hydrogen) atoms. The number of alkyl halides is 3. The molecular formula is C23H28F3N7OS. The van der Waals surface area contributed by atoms with Gasteiger partial charge in [0.2, 0.25) is 0 Å². The fourth-order valence-electron chi connectivity index (χ4n) is 6.59. The number of amides is 2. The molecule has 5 heterocycles. The number of hydrogen-bond acceptors (Lipinski definition) is 6. The van der Waals surface area contributed by atoms with Crippen molar-refractivity contribution < 1.29 is 18.0 Å². The van der Waals surface area contributed by atoms with Crippen LogP contribution in [0.1, 0.15) is 59.0 Å². The van der Waals surface area contributed by atoms with Gasteiger partial charge in [-0.1, -0.05) is 0 Å². The van der Waals surface area contributed by atoms with Crippen LogP contribution in [0, 0.1) is 17.8 Å². The average Bonchev–Trinajstić information content (AvgIpc) is 3.28. The van der Waals surface area contributed by atoms with E-state index in [-0.39, 0.29) is 28.3 Å². The van der Waals surface area contributed by atoms with Gasteiger partial charge in [0.1, 0.15) is 6.33 Å². The first-order valence-electron chi connectivity index (χ1n) is 12.3. The Morgan fingerprint density at radius 3 is 2.37 bits per heavy atom. The zero-order chi connectivity index (χ0) is 24.2. The Morgan fingerprint density at radius 1 is 1.09 bits per heavy atom. The maximum Gasteiger partial charge on any atom is 0.434 e. The van der Waals surface area contributed by atoms with Gasteiger partial charge in [0.05, 0.1) is 15.9 Å². The number of nitrogens with zero attached hydrogens (tertiary/aromatic N) is 7. The van der Waals surface area contributed by atoms with Crippen LogP contribution in [0.4, 0.5) is 18.0 Å². The molecule has 8 nitrogen and oxygen atoms in total. The number of halogens is 3. The van der Waals surface area contributed by atoms with Gasteiger partial charge >= 0.3 is 12.2 Å². The number of rotatable bonds is 4. The molecule has 0 atom stereocenters. The Bertz CT molecular complexity index is 1160. The maximum atomic E-state index is 13.2. The van der Waals surface area contributed by atoms with Gasteiger partial charge < -0.3 is 9.80 Å². The van der Waals surface area contributed by atoms with E-state index in [1.807, 2.05) is 25.7 Å². The van der Waals surface area contributed by atoms with E-state index in [0.29, 0.717) is 30.1 Å². The van der Waals surface area contributed by atoms with E-state index in [1.54, 1.807) is 6.92 Å². The van der Waals surface area contributed by atoms with Crippen molar-refractivity contribution in [1.29, 1.82) is 0 Å². The standard InChI is InChI=1S/C23H28F3N7OS/c1-14-28-18(23(24,25)26)17(35-14)6-30-7-22(8-30)11-32(12-22)20(34)31-9-21(10-31)4-16(5-21)33-13-27-19(29-33)15-2-3-15/h13,15-16H,2-12H2,1H3. The van der Waals surface area contributed by atoms with Crippen molar-refractivity contribution in [3.63, 3.8) is 0 Å². The topological polar surface area (TPSA) is 70.4 Å². The summed E-state index contributed by atoms with van der Waals surface area (Å²) >= 11 is 1.12. The van der Waals surface area contributed by atoms with Crippen molar-refractivity contribution in [2.45, 2.75) is 57.3 Å². The fraction of sp³-hybridized carbons (Fsp3) is 0.739. The summed E-state index contributed by atoms with van der Waals surface area (Å²) in [4.78, 5) is 27.2. The molecule has 2 aromatic heterocycles. The lowest BCUT2D eigenvalue weighted by Gasteiger charge is -2.63. The summed E-state index contributed by atoms with van der Waals surface area (Å²) < 4.78 is 41.7. The summed E-state index contributed by atoms with van der Waals surface area (Å²) in [5.74, 6) is 1.56. The third kappa shape index (κ3) is 3.66. The lowest BCUT2D eigenvalue weighted by Crippen LogP contribution is -2.75. The van der Waals surface area contributed by atoms with Gasteiger partial charge in [0, 0.05) is 62.6 Å². The second-order valence-electron chi connectivity index (χ2n) is 11.6. The summed E-state index contributed by atoms with van der Waals surface area (Å²) in [6.45, 7) is 6.38. The van der Waals surface area contributed by atoms with Gasteiger partial charge in [-0.2, -0.15) is 18.3 Å². The van der Waals surface area contributed by atoms with Crippen molar-refractivity contribution in [3.05, 3.63) is 27.7 Å². The van der Waals surface area contributed by atoms with E-state index in [2.05, 4.69) is 15.1 Å². The van der Waals surface area contributed by atoms with E-state index in [9.17, 15) is 18.0 Å². The minimum atomic E-state index is -4.41. The first-order chi connectivity index (χ1) is 16.6. The number of carbonyl (C=O) groups is 1. The van der Waals surface area contributed by atoms with Crippen LogP contribution >= 0.6 is 11.3 Å². The second kappa shape index (κ2) is 7.18. The van der Waals surface area contributed by atoms with Gasteiger partial charge in [-0.3, -0.25) is 4.90 Å². The Balaban J connectivity index is 0.862. The molecule has 3 saturated heterocycles. The summed E-state index contributed by atoms with van der Waals surface area (Å²) in [7, 11) is 0. The molecular weight excluding hydrogens is 479 g/mol. The molecule has 2 aliphatic carbocycles. The molecule has 5 fully saturated rings. The zero-order valence-electron chi connectivity index (χ0n) is 19.6.